The zero-order valence-electron chi connectivity index (χ0n) is 7.87. The molecule has 0 aliphatic carbocycles. The fraction of sp³-hybridized carbons (Fsp3) is 0.300. The molecule has 1 atom stereocenters. The van der Waals surface area contributed by atoms with E-state index in [9.17, 15) is 4.79 Å². The highest BCUT2D eigenvalue weighted by molar-refractivity contribution is 6.31. The molecule has 1 unspecified atom stereocenters. The molecule has 1 fully saturated rings. The van der Waals surface area contributed by atoms with Crippen molar-refractivity contribution in [2.24, 2.45) is 0 Å². The first kappa shape index (κ1) is 10.7. The van der Waals surface area contributed by atoms with E-state index in [1.807, 2.05) is 23.2 Å². The number of hydrogen-bond donors (Lipinski definition) is 1. The molecule has 0 bridgehead atoms. The number of amides is 1. The van der Waals surface area contributed by atoms with E-state index in [4.69, 9.17) is 11.6 Å². The lowest BCUT2D eigenvalue weighted by atomic mass is 10.0. The molecular weight excluding hydrogens is 235 g/mol. The number of hydrogen-bond acceptors (Lipinski definition) is 2. The fourth-order valence-corrected chi connectivity index (χ4v) is 2.46. The molecule has 80 valence electrons. The molecule has 2 heterocycles. The minimum absolute atomic E-state index is 0. The maximum atomic E-state index is 11.2. The third kappa shape index (κ3) is 1.51. The standard InChI is InChI=1S/C10H9ClN2O.ClH/c11-8-3-1-2-6-7(8)5-13-9(6)4-10(14)12-13;/h1-3,9H,4-5H2,(H,12,14);1H. The third-order valence-corrected chi connectivity index (χ3v) is 3.22. The number of nitrogens with zero attached hydrogens (tertiary/aromatic N) is 1. The van der Waals surface area contributed by atoms with Gasteiger partial charge in [-0.1, -0.05) is 23.7 Å². The minimum Gasteiger partial charge on any atom is -0.288 e. The quantitative estimate of drug-likeness (QED) is 0.758. The summed E-state index contributed by atoms with van der Waals surface area (Å²) in [6.45, 7) is 0.728. The molecule has 0 radical (unpaired) electrons. The number of carbonyl (C=O) groups excluding carboxylic acids is 1. The molecule has 0 aromatic heterocycles. The van der Waals surface area contributed by atoms with Crippen LogP contribution in [0, 0.1) is 0 Å². The Balaban J connectivity index is 0.000000853. The van der Waals surface area contributed by atoms with Gasteiger partial charge in [0, 0.05) is 18.0 Å². The summed E-state index contributed by atoms with van der Waals surface area (Å²) in [5, 5.41) is 2.75. The van der Waals surface area contributed by atoms with Gasteiger partial charge in [-0.2, -0.15) is 0 Å². The van der Waals surface area contributed by atoms with E-state index >= 15 is 0 Å². The zero-order chi connectivity index (χ0) is 9.71. The smallest absolute Gasteiger partial charge is 0.236 e. The Bertz CT molecular complexity index is 422. The highest BCUT2D eigenvalue weighted by atomic mass is 35.5. The number of fused-ring (bicyclic) bond motifs is 3. The van der Waals surface area contributed by atoms with Gasteiger partial charge < -0.3 is 0 Å². The van der Waals surface area contributed by atoms with Gasteiger partial charge in [-0.05, 0) is 17.2 Å². The van der Waals surface area contributed by atoms with E-state index in [0.29, 0.717) is 6.42 Å². The lowest BCUT2D eigenvalue weighted by Gasteiger charge is -2.12. The molecule has 0 spiro atoms. The Morgan fingerprint density at radius 1 is 1.47 bits per heavy atom. The average Bonchev–Trinajstić information content (AvgIpc) is 2.63. The van der Waals surface area contributed by atoms with Crippen molar-refractivity contribution in [3.8, 4) is 0 Å². The molecule has 5 heteroatoms. The van der Waals surface area contributed by atoms with Crippen LogP contribution in [0.25, 0.3) is 0 Å². The van der Waals surface area contributed by atoms with Crippen molar-refractivity contribution in [2.75, 3.05) is 0 Å². The molecule has 1 aromatic rings. The van der Waals surface area contributed by atoms with E-state index in [2.05, 4.69) is 5.43 Å². The van der Waals surface area contributed by atoms with Crippen LogP contribution >= 0.6 is 24.0 Å². The predicted octanol–water partition coefficient (Wildman–Crippen LogP) is 2.05. The van der Waals surface area contributed by atoms with Crippen molar-refractivity contribution in [3.63, 3.8) is 0 Å². The van der Waals surface area contributed by atoms with Crippen LogP contribution in [0.1, 0.15) is 23.6 Å². The first-order chi connectivity index (χ1) is 6.75. The number of rotatable bonds is 0. The maximum absolute atomic E-state index is 11.2. The van der Waals surface area contributed by atoms with E-state index < -0.39 is 0 Å². The van der Waals surface area contributed by atoms with Gasteiger partial charge in [-0.3, -0.25) is 10.2 Å². The largest absolute Gasteiger partial charge is 0.288 e. The number of halogens is 2. The van der Waals surface area contributed by atoms with Crippen molar-refractivity contribution in [1.29, 1.82) is 0 Å². The Labute approximate surface area is 98.8 Å². The number of benzene rings is 1. The Morgan fingerprint density at radius 3 is 3.07 bits per heavy atom. The van der Waals surface area contributed by atoms with Crippen LogP contribution in [0.2, 0.25) is 5.02 Å². The van der Waals surface area contributed by atoms with Crippen LogP contribution in [0.15, 0.2) is 18.2 Å². The number of hydrazine groups is 1. The summed E-state index contributed by atoms with van der Waals surface area (Å²) in [4.78, 5) is 11.2. The molecule has 3 rings (SSSR count). The van der Waals surface area contributed by atoms with Gasteiger partial charge in [-0.25, -0.2) is 5.01 Å². The molecular formula is C10H10Cl2N2O. The van der Waals surface area contributed by atoms with Gasteiger partial charge >= 0.3 is 0 Å². The van der Waals surface area contributed by atoms with Crippen molar-refractivity contribution in [2.45, 2.75) is 19.0 Å². The Kier molecular flexibility index (Phi) is 2.63. The summed E-state index contributed by atoms with van der Waals surface area (Å²) in [6, 6.07) is 6.07. The average molecular weight is 245 g/mol. The Hall–Kier alpha value is -0.770. The molecule has 2 aliphatic rings. The van der Waals surface area contributed by atoms with E-state index in [1.165, 1.54) is 5.56 Å². The van der Waals surface area contributed by atoms with Crippen LogP contribution in [0.5, 0.6) is 0 Å². The third-order valence-electron chi connectivity index (χ3n) is 2.87. The summed E-state index contributed by atoms with van der Waals surface area (Å²) in [5.74, 6) is 0.0978. The molecule has 1 saturated heterocycles. The summed E-state index contributed by atoms with van der Waals surface area (Å²) < 4.78 is 0. The van der Waals surface area contributed by atoms with Crippen LogP contribution in [-0.4, -0.2) is 10.9 Å². The zero-order valence-corrected chi connectivity index (χ0v) is 9.44. The summed E-state index contributed by atoms with van der Waals surface area (Å²) in [7, 11) is 0. The first-order valence-electron chi connectivity index (χ1n) is 4.59. The summed E-state index contributed by atoms with van der Waals surface area (Å²) in [6.07, 6.45) is 0.549. The lowest BCUT2D eigenvalue weighted by molar-refractivity contribution is -0.121. The highest BCUT2D eigenvalue weighted by Gasteiger charge is 2.38. The number of nitrogens with one attached hydrogen (secondary N) is 1. The van der Waals surface area contributed by atoms with Gasteiger partial charge in [0.2, 0.25) is 5.91 Å². The monoisotopic (exact) mass is 244 g/mol. The summed E-state index contributed by atoms with van der Waals surface area (Å²) >= 11 is 6.08. The van der Waals surface area contributed by atoms with Crippen LogP contribution in [-0.2, 0) is 11.3 Å². The van der Waals surface area contributed by atoms with E-state index in [0.717, 1.165) is 17.1 Å². The molecule has 1 aromatic carbocycles. The molecule has 2 aliphatic heterocycles. The van der Waals surface area contributed by atoms with Crippen molar-refractivity contribution >= 4 is 29.9 Å². The molecule has 1 N–H and O–H groups in total. The van der Waals surface area contributed by atoms with Gasteiger partial charge in [0.15, 0.2) is 0 Å². The van der Waals surface area contributed by atoms with Crippen molar-refractivity contribution in [3.05, 3.63) is 34.3 Å². The Morgan fingerprint density at radius 2 is 2.27 bits per heavy atom. The first-order valence-corrected chi connectivity index (χ1v) is 4.97. The molecule has 0 saturated carbocycles. The minimum atomic E-state index is 0. The normalized spacial score (nSPS) is 23.0. The highest BCUT2D eigenvalue weighted by Crippen LogP contribution is 2.40. The maximum Gasteiger partial charge on any atom is 0.236 e. The fourth-order valence-electron chi connectivity index (χ4n) is 2.22. The predicted molar refractivity (Wildman–Crippen MR) is 59.7 cm³/mol. The van der Waals surface area contributed by atoms with Gasteiger partial charge in [-0.15, -0.1) is 12.4 Å². The van der Waals surface area contributed by atoms with Crippen LogP contribution in [0.3, 0.4) is 0 Å². The van der Waals surface area contributed by atoms with Crippen LogP contribution < -0.4 is 5.43 Å². The molecule has 15 heavy (non-hydrogen) atoms. The van der Waals surface area contributed by atoms with Gasteiger partial charge in [0.25, 0.3) is 0 Å². The van der Waals surface area contributed by atoms with Gasteiger partial charge in [0.1, 0.15) is 0 Å². The second kappa shape index (κ2) is 3.67. The lowest BCUT2D eigenvalue weighted by Crippen LogP contribution is -2.30. The molecule has 1 amide bonds. The van der Waals surface area contributed by atoms with Crippen molar-refractivity contribution < 1.29 is 4.79 Å². The number of carbonyl (C=O) groups is 1. The van der Waals surface area contributed by atoms with Crippen molar-refractivity contribution in [1.82, 2.24) is 10.4 Å². The second-order valence-electron chi connectivity index (χ2n) is 3.69. The van der Waals surface area contributed by atoms with Gasteiger partial charge in [0.05, 0.1) is 6.04 Å². The van der Waals surface area contributed by atoms with Crippen LogP contribution in [0.4, 0.5) is 0 Å². The SMILES string of the molecule is Cl.O=C1CC2c3cccc(Cl)c3CN2N1. The topological polar surface area (TPSA) is 32.3 Å². The molecule has 3 nitrogen and oxygen atoms in total. The second-order valence-corrected chi connectivity index (χ2v) is 4.10. The van der Waals surface area contributed by atoms with E-state index in [-0.39, 0.29) is 24.4 Å². The summed E-state index contributed by atoms with van der Waals surface area (Å²) in [5.41, 5.74) is 5.17. The van der Waals surface area contributed by atoms with E-state index in [1.54, 1.807) is 0 Å².